The zero-order valence-electron chi connectivity index (χ0n) is 16.6. The molecule has 0 aromatic carbocycles. The summed E-state index contributed by atoms with van der Waals surface area (Å²) >= 11 is 0. The molecule has 138 valence electrons. The first-order chi connectivity index (χ1) is 10.4. The molecule has 0 aromatic rings. The fraction of sp³-hybridized carbons (Fsp3) is 1.00. The van der Waals surface area contributed by atoms with Crippen LogP contribution in [0.1, 0.15) is 19.8 Å². The van der Waals surface area contributed by atoms with Crippen molar-refractivity contribution in [3.05, 3.63) is 0 Å². The van der Waals surface area contributed by atoms with Crippen molar-refractivity contribution in [2.45, 2.75) is 71.6 Å². The van der Waals surface area contributed by atoms with E-state index in [0.29, 0.717) is 0 Å². The molecule has 1 saturated heterocycles. The molecule has 0 saturated carbocycles. The number of ether oxygens (including phenoxy) is 2. The average molecular weight is 379 g/mol. The molecule has 1 heterocycles. The summed E-state index contributed by atoms with van der Waals surface area (Å²) in [6.45, 7) is 21.3. The van der Waals surface area contributed by atoms with Gasteiger partial charge in [-0.2, -0.15) is 0 Å². The molecule has 0 radical (unpaired) electrons. The van der Waals surface area contributed by atoms with E-state index in [1.165, 1.54) is 0 Å². The highest BCUT2D eigenvalue weighted by molar-refractivity contribution is 6.87. The molecule has 0 spiro atoms. The summed E-state index contributed by atoms with van der Waals surface area (Å²) < 4.78 is 24.3. The lowest BCUT2D eigenvalue weighted by Gasteiger charge is -2.40. The molecule has 0 atom stereocenters. The summed E-state index contributed by atoms with van der Waals surface area (Å²) in [4.78, 5) is 0. The Balaban J connectivity index is 2.41. The Morgan fingerprint density at radius 1 is 0.913 bits per heavy atom. The fourth-order valence-corrected chi connectivity index (χ4v) is 15.5. The second-order valence-electron chi connectivity index (χ2n) is 9.07. The van der Waals surface area contributed by atoms with Gasteiger partial charge in [-0.1, -0.05) is 6.92 Å². The predicted molar refractivity (Wildman–Crippen MR) is 104 cm³/mol. The monoisotopic (exact) mass is 378 g/mol. The van der Waals surface area contributed by atoms with E-state index in [-0.39, 0.29) is 5.41 Å². The van der Waals surface area contributed by atoms with Crippen LogP contribution in [0.15, 0.2) is 0 Å². The van der Waals surface area contributed by atoms with Crippen molar-refractivity contribution in [3.8, 4) is 0 Å². The first-order valence-electron chi connectivity index (χ1n) is 8.95. The smallest absolute Gasteiger partial charge is 0.314 e. The van der Waals surface area contributed by atoms with Gasteiger partial charge in [0.2, 0.25) is 0 Å². The third-order valence-electron chi connectivity index (χ3n) is 3.94. The molecule has 1 aliphatic heterocycles. The van der Waals surface area contributed by atoms with Gasteiger partial charge in [0.25, 0.3) is 0 Å². The van der Waals surface area contributed by atoms with Crippen LogP contribution in [0.2, 0.25) is 51.9 Å². The first kappa shape index (κ1) is 21.5. The van der Waals surface area contributed by atoms with E-state index in [1.807, 2.05) is 0 Å². The maximum absolute atomic E-state index is 6.52. The van der Waals surface area contributed by atoms with Crippen molar-refractivity contribution in [2.75, 3.05) is 26.4 Å². The van der Waals surface area contributed by atoms with E-state index >= 15 is 0 Å². The van der Waals surface area contributed by atoms with Crippen LogP contribution in [0.4, 0.5) is 0 Å². The number of hydrogen-bond donors (Lipinski definition) is 0. The maximum Gasteiger partial charge on any atom is 0.314 e. The van der Waals surface area contributed by atoms with E-state index in [4.69, 9.17) is 17.7 Å². The Hall–Kier alpha value is 0.491. The van der Waals surface area contributed by atoms with Crippen LogP contribution in [-0.4, -0.2) is 51.6 Å². The SMILES string of the molecule is CCC1(COCCC[Si](C)(O[Si](C)(C)C)O[Si](C)(C)C)COC1. The molecular weight excluding hydrogens is 340 g/mol. The van der Waals surface area contributed by atoms with Crippen LogP contribution in [0.3, 0.4) is 0 Å². The molecule has 1 fully saturated rings. The summed E-state index contributed by atoms with van der Waals surface area (Å²) in [5.41, 5.74) is 0.282. The Kier molecular flexibility index (Phi) is 7.72. The van der Waals surface area contributed by atoms with Gasteiger partial charge in [-0.25, -0.2) is 0 Å². The van der Waals surface area contributed by atoms with Gasteiger partial charge in [0, 0.05) is 12.0 Å². The van der Waals surface area contributed by atoms with Crippen LogP contribution in [0.5, 0.6) is 0 Å². The quantitative estimate of drug-likeness (QED) is 0.389. The molecule has 7 heteroatoms. The van der Waals surface area contributed by atoms with E-state index in [2.05, 4.69) is 52.8 Å². The molecule has 0 N–H and O–H groups in total. The van der Waals surface area contributed by atoms with E-state index in [0.717, 1.165) is 45.3 Å². The van der Waals surface area contributed by atoms with Crippen molar-refractivity contribution in [1.29, 1.82) is 0 Å². The minimum Gasteiger partial charge on any atom is -0.437 e. The van der Waals surface area contributed by atoms with Gasteiger partial charge in [0.05, 0.1) is 19.8 Å². The van der Waals surface area contributed by atoms with Gasteiger partial charge in [-0.3, -0.25) is 0 Å². The molecule has 1 rings (SSSR count). The van der Waals surface area contributed by atoms with Gasteiger partial charge in [-0.05, 0) is 64.7 Å². The standard InChI is InChI=1S/C16H38O4Si3/c1-9-16(14-18-15-16)13-17-11-10-12-23(8,19-21(2,3)4)20-22(5,6)7/h9-15H2,1-8H3. The average Bonchev–Trinajstić information content (AvgIpc) is 2.26. The molecule has 1 aliphatic rings. The third kappa shape index (κ3) is 8.42. The van der Waals surface area contributed by atoms with Gasteiger partial charge < -0.3 is 17.7 Å². The largest absolute Gasteiger partial charge is 0.437 e. The lowest BCUT2D eigenvalue weighted by molar-refractivity contribution is -0.150. The van der Waals surface area contributed by atoms with Gasteiger partial charge >= 0.3 is 8.56 Å². The zero-order valence-corrected chi connectivity index (χ0v) is 19.6. The van der Waals surface area contributed by atoms with Gasteiger partial charge in [0.15, 0.2) is 16.6 Å². The minimum atomic E-state index is -2.10. The van der Waals surface area contributed by atoms with Crippen LogP contribution >= 0.6 is 0 Å². The Labute approximate surface area is 146 Å². The van der Waals surface area contributed by atoms with E-state index < -0.39 is 25.2 Å². The van der Waals surface area contributed by atoms with E-state index in [9.17, 15) is 0 Å². The van der Waals surface area contributed by atoms with Gasteiger partial charge in [-0.15, -0.1) is 0 Å². The highest BCUT2D eigenvalue weighted by Gasteiger charge is 2.40. The molecule has 4 nitrogen and oxygen atoms in total. The molecule has 0 amide bonds. The fourth-order valence-electron chi connectivity index (χ4n) is 2.98. The predicted octanol–water partition coefficient (Wildman–Crippen LogP) is 4.59. The minimum absolute atomic E-state index is 0.282. The van der Waals surface area contributed by atoms with Crippen LogP contribution < -0.4 is 0 Å². The zero-order chi connectivity index (χ0) is 17.8. The van der Waals surface area contributed by atoms with Crippen LogP contribution in [-0.2, 0) is 17.7 Å². The summed E-state index contributed by atoms with van der Waals surface area (Å²) in [6, 6.07) is 1.02. The Morgan fingerprint density at radius 3 is 1.78 bits per heavy atom. The van der Waals surface area contributed by atoms with E-state index in [1.54, 1.807) is 0 Å². The van der Waals surface area contributed by atoms with Crippen LogP contribution in [0, 0.1) is 5.41 Å². The van der Waals surface area contributed by atoms with Crippen molar-refractivity contribution >= 4 is 25.2 Å². The topological polar surface area (TPSA) is 36.9 Å². The molecule has 0 bridgehead atoms. The van der Waals surface area contributed by atoms with Crippen molar-refractivity contribution < 1.29 is 17.7 Å². The molecular formula is C16H38O4Si3. The molecule has 0 aromatic heterocycles. The second kappa shape index (κ2) is 8.25. The molecule has 23 heavy (non-hydrogen) atoms. The summed E-state index contributed by atoms with van der Waals surface area (Å²) in [5.74, 6) is 0. The molecule has 0 unspecified atom stereocenters. The summed E-state index contributed by atoms with van der Waals surface area (Å²) in [6.07, 6.45) is 2.16. The van der Waals surface area contributed by atoms with Crippen LogP contribution in [0.25, 0.3) is 0 Å². The number of rotatable bonds is 11. The van der Waals surface area contributed by atoms with Gasteiger partial charge in [0.1, 0.15) is 0 Å². The first-order valence-corrected chi connectivity index (χ1v) is 18.3. The molecule has 0 aliphatic carbocycles. The third-order valence-corrected chi connectivity index (χ3v) is 13.6. The summed E-state index contributed by atoms with van der Waals surface area (Å²) in [5, 5.41) is 0. The Bertz CT molecular complexity index is 338. The maximum atomic E-state index is 6.52. The van der Waals surface area contributed by atoms with Crippen molar-refractivity contribution in [2.24, 2.45) is 5.41 Å². The van der Waals surface area contributed by atoms with Crippen molar-refractivity contribution in [1.82, 2.24) is 0 Å². The number of hydrogen-bond acceptors (Lipinski definition) is 4. The second-order valence-corrected chi connectivity index (χ2v) is 21.9. The lowest BCUT2D eigenvalue weighted by Crippen LogP contribution is -2.52. The summed E-state index contributed by atoms with van der Waals surface area (Å²) in [7, 11) is -5.28. The lowest BCUT2D eigenvalue weighted by atomic mass is 9.84. The highest BCUT2D eigenvalue weighted by atomic mass is 28.5. The highest BCUT2D eigenvalue weighted by Crippen LogP contribution is 2.31. The van der Waals surface area contributed by atoms with Crippen molar-refractivity contribution in [3.63, 3.8) is 0 Å². The normalized spacial score (nSPS) is 18.8. The Morgan fingerprint density at radius 2 is 1.43 bits per heavy atom.